The van der Waals surface area contributed by atoms with Crippen LogP contribution in [0.3, 0.4) is 0 Å². The fourth-order valence-electron chi connectivity index (χ4n) is 2.76. The molecule has 0 aromatic heterocycles. The predicted octanol–water partition coefficient (Wildman–Crippen LogP) is 1.22. The largest absolute Gasteiger partial charge is 0.274 e. The van der Waals surface area contributed by atoms with Crippen molar-refractivity contribution in [3.63, 3.8) is 0 Å². The summed E-state index contributed by atoms with van der Waals surface area (Å²) in [6.07, 6.45) is 5.15. The Balaban J connectivity index is 2.13. The van der Waals surface area contributed by atoms with Crippen LogP contribution in [0, 0.1) is 16.7 Å². The summed E-state index contributed by atoms with van der Waals surface area (Å²) in [6.45, 7) is -0.0895. The number of nitrogens with zero attached hydrogens (tertiary/aromatic N) is 2. The van der Waals surface area contributed by atoms with Crippen molar-refractivity contribution in [2.75, 3.05) is 6.54 Å². The number of amides is 2. The van der Waals surface area contributed by atoms with Gasteiger partial charge in [0.1, 0.15) is 6.54 Å². The van der Waals surface area contributed by atoms with Crippen molar-refractivity contribution in [2.45, 2.75) is 38.5 Å². The molecule has 0 N–H and O–H groups in total. The molecule has 80 valence electrons. The molecule has 2 aliphatic rings. The second-order valence-electron chi connectivity index (χ2n) is 4.59. The Kier molecular flexibility index (Phi) is 2.47. The van der Waals surface area contributed by atoms with Gasteiger partial charge in [-0.15, -0.1) is 0 Å². The monoisotopic (exact) mass is 206 g/mol. The summed E-state index contributed by atoms with van der Waals surface area (Å²) in [5.74, 6) is -0.315. The van der Waals surface area contributed by atoms with Crippen LogP contribution < -0.4 is 0 Å². The molecular formula is C11H14N2O2. The first-order chi connectivity index (χ1) is 7.17. The van der Waals surface area contributed by atoms with Crippen LogP contribution >= 0.6 is 0 Å². The summed E-state index contributed by atoms with van der Waals surface area (Å²) >= 11 is 0. The summed E-state index contributed by atoms with van der Waals surface area (Å²) in [6, 6.07) is 1.86. The van der Waals surface area contributed by atoms with Crippen molar-refractivity contribution < 1.29 is 9.59 Å². The summed E-state index contributed by atoms with van der Waals surface area (Å²) in [5, 5.41) is 8.51. The van der Waals surface area contributed by atoms with E-state index in [0.29, 0.717) is 12.8 Å². The van der Waals surface area contributed by atoms with Gasteiger partial charge in [-0.05, 0) is 18.3 Å². The lowest BCUT2D eigenvalue weighted by Gasteiger charge is -2.36. The van der Waals surface area contributed by atoms with Gasteiger partial charge in [0.25, 0.3) is 0 Å². The third-order valence-corrected chi connectivity index (χ3v) is 3.55. The smallest absolute Gasteiger partial charge is 0.230 e. The highest BCUT2D eigenvalue weighted by Crippen LogP contribution is 2.46. The van der Waals surface area contributed by atoms with Gasteiger partial charge in [0.05, 0.1) is 6.07 Å². The van der Waals surface area contributed by atoms with Crippen LogP contribution in [0.2, 0.25) is 0 Å². The molecule has 0 radical (unpaired) electrons. The zero-order valence-corrected chi connectivity index (χ0v) is 8.66. The van der Waals surface area contributed by atoms with Crippen LogP contribution in [0.5, 0.6) is 0 Å². The third kappa shape index (κ3) is 1.74. The highest BCUT2D eigenvalue weighted by atomic mass is 16.2. The zero-order chi connectivity index (χ0) is 10.9. The fraction of sp³-hybridized carbons (Fsp3) is 0.727. The van der Waals surface area contributed by atoms with Gasteiger partial charge in [0.2, 0.25) is 11.8 Å². The number of likely N-dealkylation sites (tertiary alicyclic amines) is 1. The highest BCUT2D eigenvalue weighted by Gasteiger charge is 2.44. The molecule has 1 aliphatic heterocycles. The van der Waals surface area contributed by atoms with E-state index in [-0.39, 0.29) is 23.8 Å². The number of imide groups is 1. The maximum absolute atomic E-state index is 11.7. The number of rotatable bonds is 1. The Morgan fingerprint density at radius 1 is 1.20 bits per heavy atom. The van der Waals surface area contributed by atoms with Crippen LogP contribution in [0.4, 0.5) is 0 Å². The molecule has 2 fully saturated rings. The molecule has 0 aromatic carbocycles. The maximum atomic E-state index is 11.7. The molecule has 0 atom stereocenters. The molecule has 2 rings (SSSR count). The van der Waals surface area contributed by atoms with Crippen molar-refractivity contribution in [1.29, 1.82) is 5.26 Å². The van der Waals surface area contributed by atoms with Crippen molar-refractivity contribution >= 4 is 11.8 Å². The summed E-state index contributed by atoms with van der Waals surface area (Å²) in [5.41, 5.74) is -0.0554. The van der Waals surface area contributed by atoms with Crippen molar-refractivity contribution in [1.82, 2.24) is 4.90 Å². The van der Waals surface area contributed by atoms with E-state index in [2.05, 4.69) is 0 Å². The lowest BCUT2D eigenvalue weighted by atomic mass is 9.76. The number of nitriles is 1. The standard InChI is InChI=1S/C11H14N2O2/c12-5-6-13-9(14)7-11(8-10(13)15)3-1-2-4-11/h1-4,6-8H2. The number of hydrogen-bond acceptors (Lipinski definition) is 3. The first-order valence-corrected chi connectivity index (χ1v) is 5.37. The van der Waals surface area contributed by atoms with Gasteiger partial charge in [0.15, 0.2) is 0 Å². The summed E-state index contributed by atoms with van der Waals surface area (Å²) in [4.78, 5) is 24.5. The Bertz CT molecular complexity index is 317. The average molecular weight is 206 g/mol. The number of piperidine rings is 1. The third-order valence-electron chi connectivity index (χ3n) is 3.55. The normalized spacial score (nSPS) is 24.6. The Hall–Kier alpha value is -1.37. The van der Waals surface area contributed by atoms with E-state index in [9.17, 15) is 9.59 Å². The lowest BCUT2D eigenvalue weighted by molar-refractivity contribution is -0.152. The van der Waals surface area contributed by atoms with Crippen LogP contribution in [-0.4, -0.2) is 23.3 Å². The lowest BCUT2D eigenvalue weighted by Crippen LogP contribution is -2.47. The number of carbonyl (C=O) groups is 2. The molecule has 15 heavy (non-hydrogen) atoms. The number of carbonyl (C=O) groups excluding carboxylic acids is 2. The van der Waals surface area contributed by atoms with Crippen molar-refractivity contribution in [3.8, 4) is 6.07 Å². The van der Waals surface area contributed by atoms with Crippen molar-refractivity contribution in [2.24, 2.45) is 5.41 Å². The Labute approximate surface area is 88.9 Å². The van der Waals surface area contributed by atoms with Gasteiger partial charge in [-0.2, -0.15) is 5.26 Å². The molecule has 0 unspecified atom stereocenters. The zero-order valence-electron chi connectivity index (χ0n) is 8.66. The SMILES string of the molecule is N#CCN1C(=O)CC2(CCCC2)CC1=O. The summed E-state index contributed by atoms with van der Waals surface area (Å²) in [7, 11) is 0. The minimum Gasteiger partial charge on any atom is -0.274 e. The molecule has 1 saturated heterocycles. The highest BCUT2D eigenvalue weighted by molar-refractivity contribution is 5.98. The van der Waals surface area contributed by atoms with Gasteiger partial charge in [-0.1, -0.05) is 12.8 Å². The molecule has 1 saturated carbocycles. The van der Waals surface area contributed by atoms with Crippen LogP contribution in [-0.2, 0) is 9.59 Å². The predicted molar refractivity (Wildman–Crippen MR) is 52.5 cm³/mol. The van der Waals surface area contributed by atoms with E-state index in [1.54, 1.807) is 0 Å². The van der Waals surface area contributed by atoms with Gasteiger partial charge in [-0.25, -0.2) is 0 Å². The minimum absolute atomic E-state index is 0.0554. The second-order valence-corrected chi connectivity index (χ2v) is 4.59. The van der Waals surface area contributed by atoms with Crippen LogP contribution in [0.25, 0.3) is 0 Å². The number of hydrogen-bond donors (Lipinski definition) is 0. The second kappa shape index (κ2) is 3.65. The molecule has 4 nitrogen and oxygen atoms in total. The molecule has 0 bridgehead atoms. The van der Waals surface area contributed by atoms with E-state index < -0.39 is 0 Å². The van der Waals surface area contributed by atoms with Crippen LogP contribution in [0.15, 0.2) is 0 Å². The topological polar surface area (TPSA) is 61.2 Å². The summed E-state index contributed by atoms with van der Waals surface area (Å²) < 4.78 is 0. The molecule has 1 heterocycles. The van der Waals surface area contributed by atoms with Gasteiger partial charge in [-0.3, -0.25) is 14.5 Å². The molecule has 2 amide bonds. The van der Waals surface area contributed by atoms with Gasteiger partial charge >= 0.3 is 0 Å². The molecule has 0 aromatic rings. The molecule has 4 heteroatoms. The van der Waals surface area contributed by atoms with E-state index in [0.717, 1.165) is 30.6 Å². The Morgan fingerprint density at radius 2 is 1.73 bits per heavy atom. The quantitative estimate of drug-likeness (QED) is 0.478. The Morgan fingerprint density at radius 3 is 2.20 bits per heavy atom. The molecule has 1 spiro atoms. The van der Waals surface area contributed by atoms with Crippen LogP contribution in [0.1, 0.15) is 38.5 Å². The molecular weight excluding hydrogens is 192 g/mol. The van der Waals surface area contributed by atoms with E-state index in [1.807, 2.05) is 6.07 Å². The minimum atomic E-state index is -0.158. The van der Waals surface area contributed by atoms with E-state index in [4.69, 9.17) is 5.26 Å². The van der Waals surface area contributed by atoms with E-state index >= 15 is 0 Å². The van der Waals surface area contributed by atoms with Gasteiger partial charge in [0, 0.05) is 12.8 Å². The van der Waals surface area contributed by atoms with Crippen molar-refractivity contribution in [3.05, 3.63) is 0 Å². The first-order valence-electron chi connectivity index (χ1n) is 5.37. The molecule has 1 aliphatic carbocycles. The average Bonchev–Trinajstić information content (AvgIpc) is 2.60. The first kappa shape index (κ1) is 10.2. The van der Waals surface area contributed by atoms with E-state index in [1.165, 1.54) is 0 Å². The van der Waals surface area contributed by atoms with Gasteiger partial charge < -0.3 is 0 Å². The fourth-order valence-corrected chi connectivity index (χ4v) is 2.76. The maximum Gasteiger partial charge on any atom is 0.230 e.